The second-order valence-electron chi connectivity index (χ2n) is 8.35. The van der Waals surface area contributed by atoms with Gasteiger partial charge in [-0.3, -0.25) is 19.7 Å². The maximum Gasteiger partial charge on any atom is 0.291 e. The lowest BCUT2D eigenvalue weighted by Crippen LogP contribution is -2.48. The zero-order valence-corrected chi connectivity index (χ0v) is 20.2. The number of carbonyl (C=O) groups is 2. The maximum absolute atomic E-state index is 12.7. The Morgan fingerprint density at radius 1 is 0.946 bits per heavy atom. The van der Waals surface area contributed by atoms with E-state index in [9.17, 15) is 19.7 Å². The number of carbonyl (C=O) groups excluding carboxylic acids is 2. The highest BCUT2D eigenvalue weighted by atomic mass is 35.5. The van der Waals surface area contributed by atoms with Gasteiger partial charge in [0.15, 0.2) is 11.5 Å². The third-order valence-electron chi connectivity index (χ3n) is 6.02. The summed E-state index contributed by atoms with van der Waals surface area (Å²) < 4.78 is 10.8. The van der Waals surface area contributed by atoms with Gasteiger partial charge in [-0.1, -0.05) is 23.7 Å². The topological polar surface area (TPSA) is 122 Å². The minimum atomic E-state index is -0.492. The van der Waals surface area contributed by atoms with Gasteiger partial charge < -0.3 is 24.0 Å². The number of halogens is 1. The zero-order chi connectivity index (χ0) is 25.9. The van der Waals surface area contributed by atoms with Crippen LogP contribution in [0.25, 0.3) is 11.3 Å². The van der Waals surface area contributed by atoms with Gasteiger partial charge in [0.25, 0.3) is 17.5 Å². The first-order chi connectivity index (χ1) is 17.9. The van der Waals surface area contributed by atoms with Crippen molar-refractivity contribution in [1.29, 1.82) is 0 Å². The van der Waals surface area contributed by atoms with Crippen LogP contribution in [0.15, 0.2) is 81.8 Å². The molecule has 4 aromatic rings. The molecule has 0 aliphatic carbocycles. The predicted molar refractivity (Wildman–Crippen MR) is 137 cm³/mol. The Hall–Kier alpha value is -4.57. The van der Waals surface area contributed by atoms with Crippen LogP contribution in [0.4, 0.5) is 17.1 Å². The summed E-state index contributed by atoms with van der Waals surface area (Å²) in [5.74, 6) is 0.0946. The second kappa shape index (κ2) is 10.2. The lowest BCUT2D eigenvalue weighted by Gasteiger charge is -2.36. The lowest BCUT2D eigenvalue weighted by molar-refractivity contribution is -0.384. The van der Waals surface area contributed by atoms with E-state index in [1.54, 1.807) is 47.4 Å². The van der Waals surface area contributed by atoms with E-state index in [1.807, 2.05) is 6.07 Å². The molecule has 0 atom stereocenters. The first-order valence-corrected chi connectivity index (χ1v) is 11.8. The maximum atomic E-state index is 12.7. The highest BCUT2D eigenvalue weighted by Gasteiger charge is 2.25. The molecule has 1 fully saturated rings. The number of rotatable bonds is 6. The minimum Gasteiger partial charge on any atom is -0.459 e. The van der Waals surface area contributed by atoms with Crippen LogP contribution in [-0.4, -0.2) is 47.8 Å². The quantitative estimate of drug-likeness (QED) is 0.270. The Bertz CT molecular complexity index is 1460. The van der Waals surface area contributed by atoms with Crippen LogP contribution in [0.3, 0.4) is 0 Å². The molecule has 1 aliphatic heterocycles. The molecular formula is C26H21ClN4O6. The molecule has 10 nitrogen and oxygen atoms in total. The van der Waals surface area contributed by atoms with Gasteiger partial charge in [-0.2, -0.15) is 0 Å². The third-order valence-corrected chi connectivity index (χ3v) is 6.32. The first-order valence-electron chi connectivity index (χ1n) is 11.4. The number of nitrogens with zero attached hydrogens (tertiary/aromatic N) is 3. The van der Waals surface area contributed by atoms with Crippen LogP contribution < -0.4 is 10.2 Å². The van der Waals surface area contributed by atoms with E-state index in [0.29, 0.717) is 54.0 Å². The van der Waals surface area contributed by atoms with Crippen LogP contribution >= 0.6 is 11.6 Å². The van der Waals surface area contributed by atoms with Gasteiger partial charge in [-0.15, -0.1) is 0 Å². The van der Waals surface area contributed by atoms with E-state index >= 15 is 0 Å². The highest BCUT2D eigenvalue weighted by Crippen LogP contribution is 2.31. The van der Waals surface area contributed by atoms with Crippen molar-refractivity contribution in [2.75, 3.05) is 36.4 Å². The summed E-state index contributed by atoms with van der Waals surface area (Å²) in [7, 11) is 0. The lowest BCUT2D eigenvalue weighted by atomic mass is 10.1. The number of amides is 2. The van der Waals surface area contributed by atoms with Crippen molar-refractivity contribution < 1.29 is 23.3 Å². The van der Waals surface area contributed by atoms with E-state index in [0.717, 1.165) is 5.69 Å². The molecule has 188 valence electrons. The number of hydrogen-bond donors (Lipinski definition) is 1. The molecule has 1 N–H and O–H groups in total. The standard InChI is InChI=1S/C26H21ClN4O6/c27-20-16-18(6-7-21(20)29-10-12-30(13-11-29)26(33)24-5-2-14-36-24)28-25(32)23-9-8-22(37-23)17-3-1-4-19(15-17)31(34)35/h1-9,14-16H,10-13H2,(H,28,32). The van der Waals surface area contributed by atoms with Gasteiger partial charge in [0.2, 0.25) is 0 Å². The van der Waals surface area contributed by atoms with Gasteiger partial charge >= 0.3 is 0 Å². The van der Waals surface area contributed by atoms with E-state index in [1.165, 1.54) is 24.5 Å². The van der Waals surface area contributed by atoms with Gasteiger partial charge in [0.05, 0.1) is 21.9 Å². The Morgan fingerprint density at radius 2 is 1.76 bits per heavy atom. The fourth-order valence-electron chi connectivity index (χ4n) is 4.13. The van der Waals surface area contributed by atoms with Crippen molar-refractivity contribution in [2.24, 2.45) is 0 Å². The second-order valence-corrected chi connectivity index (χ2v) is 8.76. The molecular weight excluding hydrogens is 500 g/mol. The molecule has 11 heteroatoms. The van der Waals surface area contributed by atoms with Crippen molar-refractivity contribution in [3.05, 3.63) is 99.7 Å². The van der Waals surface area contributed by atoms with Crippen LogP contribution in [0.2, 0.25) is 5.02 Å². The number of hydrogen-bond acceptors (Lipinski definition) is 7. The number of furan rings is 2. The van der Waals surface area contributed by atoms with Gasteiger partial charge in [-0.05, 0) is 42.5 Å². The molecule has 0 bridgehead atoms. The summed E-state index contributed by atoms with van der Waals surface area (Å²) in [6.07, 6.45) is 1.48. The molecule has 0 saturated carbocycles. The zero-order valence-electron chi connectivity index (χ0n) is 19.4. The van der Waals surface area contributed by atoms with Crippen molar-refractivity contribution in [2.45, 2.75) is 0 Å². The highest BCUT2D eigenvalue weighted by molar-refractivity contribution is 6.33. The average molecular weight is 521 g/mol. The number of non-ortho nitro benzene ring substituents is 1. The summed E-state index contributed by atoms with van der Waals surface area (Å²) in [4.78, 5) is 39.5. The number of anilines is 2. The van der Waals surface area contributed by atoms with E-state index in [2.05, 4.69) is 10.2 Å². The molecule has 3 heterocycles. The molecule has 0 radical (unpaired) electrons. The van der Waals surface area contributed by atoms with Gasteiger partial charge in [0.1, 0.15) is 5.76 Å². The van der Waals surface area contributed by atoms with E-state index in [-0.39, 0.29) is 17.4 Å². The molecule has 5 rings (SSSR count). The Balaban J connectivity index is 1.21. The summed E-state index contributed by atoms with van der Waals surface area (Å²) in [6, 6.07) is 17.6. The first kappa shape index (κ1) is 24.1. The smallest absolute Gasteiger partial charge is 0.291 e. The minimum absolute atomic E-state index is 0.0547. The summed E-state index contributed by atoms with van der Waals surface area (Å²) in [6.45, 7) is 2.26. The molecule has 37 heavy (non-hydrogen) atoms. The third kappa shape index (κ3) is 5.19. The van der Waals surface area contributed by atoms with Crippen molar-refractivity contribution in [3.8, 4) is 11.3 Å². The van der Waals surface area contributed by atoms with Gasteiger partial charge in [-0.25, -0.2) is 0 Å². The largest absolute Gasteiger partial charge is 0.459 e. The predicted octanol–water partition coefficient (Wildman–Crippen LogP) is 5.32. The molecule has 1 aliphatic rings. The molecule has 2 amide bonds. The number of benzene rings is 2. The molecule has 0 spiro atoms. The molecule has 2 aromatic heterocycles. The number of piperazine rings is 1. The fraction of sp³-hybridized carbons (Fsp3) is 0.154. The van der Waals surface area contributed by atoms with E-state index < -0.39 is 10.8 Å². The van der Waals surface area contributed by atoms with Crippen LogP contribution in [0, 0.1) is 10.1 Å². The summed E-state index contributed by atoms with van der Waals surface area (Å²) in [5.41, 5.74) is 1.71. The fourth-order valence-corrected chi connectivity index (χ4v) is 4.43. The Labute approximate surface area is 216 Å². The Morgan fingerprint density at radius 3 is 2.46 bits per heavy atom. The molecule has 0 unspecified atom stereocenters. The number of nitro groups is 1. The van der Waals surface area contributed by atoms with Crippen LogP contribution in [0.1, 0.15) is 21.1 Å². The Kier molecular flexibility index (Phi) is 6.65. The summed E-state index contributed by atoms with van der Waals surface area (Å²) >= 11 is 6.53. The van der Waals surface area contributed by atoms with Crippen LogP contribution in [-0.2, 0) is 0 Å². The van der Waals surface area contributed by atoms with Crippen molar-refractivity contribution in [3.63, 3.8) is 0 Å². The van der Waals surface area contributed by atoms with E-state index in [4.69, 9.17) is 20.4 Å². The van der Waals surface area contributed by atoms with Crippen molar-refractivity contribution >= 4 is 40.5 Å². The molecule has 1 saturated heterocycles. The van der Waals surface area contributed by atoms with Gasteiger partial charge in [0, 0.05) is 49.6 Å². The monoisotopic (exact) mass is 520 g/mol. The van der Waals surface area contributed by atoms with Crippen molar-refractivity contribution in [1.82, 2.24) is 4.90 Å². The van der Waals surface area contributed by atoms with Crippen LogP contribution in [0.5, 0.6) is 0 Å². The molecule has 2 aromatic carbocycles. The normalized spacial score (nSPS) is 13.4. The average Bonchev–Trinajstić information content (AvgIpc) is 3.62. The SMILES string of the molecule is O=C(Nc1ccc(N2CCN(C(=O)c3ccco3)CC2)c(Cl)c1)c1ccc(-c2cccc([N+](=O)[O-])c2)o1. The summed E-state index contributed by atoms with van der Waals surface area (Å²) in [5, 5.41) is 14.2. The number of nitro benzene ring substituents is 1. The number of nitrogens with one attached hydrogen (secondary N) is 1.